The summed E-state index contributed by atoms with van der Waals surface area (Å²) in [6, 6.07) is 9.80. The summed E-state index contributed by atoms with van der Waals surface area (Å²) in [6.45, 7) is 4.00. The molecule has 9 heteroatoms. The Hall–Kier alpha value is -2.78. The lowest BCUT2D eigenvalue weighted by Crippen LogP contribution is -2.35. The van der Waals surface area contributed by atoms with Gasteiger partial charge in [0.25, 0.3) is 5.91 Å². The zero-order valence-electron chi connectivity index (χ0n) is 16.4. The first kappa shape index (κ1) is 19.5. The van der Waals surface area contributed by atoms with Gasteiger partial charge in [0.1, 0.15) is 5.75 Å². The van der Waals surface area contributed by atoms with Crippen molar-refractivity contribution in [3.8, 4) is 11.4 Å². The number of nitrogens with zero attached hydrogens (tertiary/aromatic N) is 4. The highest BCUT2D eigenvalue weighted by atomic mass is 32.2. The van der Waals surface area contributed by atoms with Crippen LogP contribution in [0.1, 0.15) is 17.0 Å². The molecule has 0 atom stereocenters. The third-order valence-electron chi connectivity index (χ3n) is 4.71. The Morgan fingerprint density at radius 1 is 1.24 bits per heavy atom. The van der Waals surface area contributed by atoms with Crippen molar-refractivity contribution >= 4 is 50.9 Å². The van der Waals surface area contributed by atoms with Crippen molar-refractivity contribution in [3.63, 3.8) is 0 Å². The third kappa shape index (κ3) is 3.40. The van der Waals surface area contributed by atoms with E-state index in [9.17, 15) is 4.79 Å². The van der Waals surface area contributed by atoms with Crippen LogP contribution in [0, 0.1) is 19.3 Å². The number of aliphatic imine (C=N–C) groups is 1. The molecular formula is C20H19N5O2S2. The van der Waals surface area contributed by atoms with Crippen LogP contribution in [0.2, 0.25) is 0 Å². The lowest BCUT2D eigenvalue weighted by Gasteiger charge is -2.20. The third-order valence-corrected chi connectivity index (χ3v) is 6.60. The van der Waals surface area contributed by atoms with Gasteiger partial charge >= 0.3 is 0 Å². The summed E-state index contributed by atoms with van der Waals surface area (Å²) in [5.74, 6) is 0.425. The molecule has 0 saturated heterocycles. The maximum absolute atomic E-state index is 12.6. The Morgan fingerprint density at radius 3 is 2.62 bits per heavy atom. The fourth-order valence-corrected chi connectivity index (χ4v) is 4.62. The molecule has 2 aromatic rings. The van der Waals surface area contributed by atoms with Gasteiger partial charge in [0, 0.05) is 17.1 Å². The van der Waals surface area contributed by atoms with Crippen LogP contribution in [0.4, 0.5) is 0 Å². The zero-order valence-corrected chi connectivity index (χ0v) is 18.0. The number of carbonyl (C=O) groups is 1. The van der Waals surface area contributed by atoms with Crippen LogP contribution in [0.25, 0.3) is 11.8 Å². The number of methoxy groups -OCH3 is 1. The van der Waals surface area contributed by atoms with Gasteiger partial charge in [-0.3, -0.25) is 10.2 Å². The maximum atomic E-state index is 12.6. The number of fused-ring (bicyclic) bond motifs is 1. The standard InChI is InChI=1S/C20H19N5O2S2/c1-11-9-13(12(2)24(11)14-5-7-15(27-3)8-6-14)10-16-17(21)25-19(22-18(16)26)29-20(23-25)28-4/h5-10,21H,1-4H3/b16-10+,21-17?. The van der Waals surface area contributed by atoms with Gasteiger partial charge in [0.05, 0.1) is 12.7 Å². The van der Waals surface area contributed by atoms with Gasteiger partial charge in [0.2, 0.25) is 5.17 Å². The summed E-state index contributed by atoms with van der Waals surface area (Å²) >= 11 is 2.77. The molecule has 0 fully saturated rings. The van der Waals surface area contributed by atoms with Crippen molar-refractivity contribution in [2.45, 2.75) is 13.8 Å². The molecule has 148 valence electrons. The van der Waals surface area contributed by atoms with E-state index in [0.717, 1.165) is 32.8 Å². The Labute approximate surface area is 177 Å². The molecule has 0 aliphatic carbocycles. The average Bonchev–Trinajstić information content (AvgIpc) is 3.25. The van der Waals surface area contributed by atoms with E-state index in [1.807, 2.05) is 50.4 Å². The number of hydrogen-bond acceptors (Lipinski definition) is 6. The SMILES string of the molecule is COc1ccc(-n2c(C)cc(/C=C3\C(=N)N4N=C(SC)SC4=NC3=O)c2C)cc1. The maximum Gasteiger partial charge on any atom is 0.283 e. The quantitative estimate of drug-likeness (QED) is 0.751. The number of ether oxygens (including phenoxy) is 1. The number of aromatic nitrogens is 1. The largest absolute Gasteiger partial charge is 0.497 e. The molecule has 29 heavy (non-hydrogen) atoms. The molecule has 0 spiro atoms. The van der Waals surface area contributed by atoms with Gasteiger partial charge in [-0.15, -0.1) is 16.9 Å². The van der Waals surface area contributed by atoms with Crippen LogP contribution < -0.4 is 4.74 Å². The Kier molecular flexibility index (Phi) is 5.10. The monoisotopic (exact) mass is 425 g/mol. The van der Waals surface area contributed by atoms with Crippen LogP contribution in [-0.2, 0) is 4.79 Å². The second-order valence-electron chi connectivity index (χ2n) is 6.45. The Bertz CT molecular complexity index is 1110. The molecule has 1 amide bonds. The normalized spacial score (nSPS) is 17.5. The molecular weight excluding hydrogens is 406 g/mol. The number of rotatable bonds is 3. The van der Waals surface area contributed by atoms with E-state index < -0.39 is 5.91 Å². The Balaban J connectivity index is 1.73. The highest BCUT2D eigenvalue weighted by Crippen LogP contribution is 2.32. The molecule has 0 saturated carbocycles. The predicted molar refractivity (Wildman–Crippen MR) is 120 cm³/mol. The summed E-state index contributed by atoms with van der Waals surface area (Å²) in [5.41, 5.74) is 4.10. The molecule has 0 radical (unpaired) electrons. The number of benzene rings is 1. The van der Waals surface area contributed by atoms with Gasteiger partial charge in [-0.1, -0.05) is 0 Å². The van der Waals surface area contributed by atoms with Crippen molar-refractivity contribution in [1.82, 2.24) is 9.58 Å². The number of hydrogen-bond donors (Lipinski definition) is 1. The van der Waals surface area contributed by atoms with E-state index in [1.165, 1.54) is 28.5 Å². The first-order valence-corrected chi connectivity index (χ1v) is 10.8. The second kappa shape index (κ2) is 7.57. The van der Waals surface area contributed by atoms with Crippen molar-refractivity contribution in [3.05, 3.63) is 52.9 Å². The van der Waals surface area contributed by atoms with Crippen molar-refractivity contribution in [1.29, 1.82) is 5.41 Å². The van der Waals surface area contributed by atoms with Crippen molar-refractivity contribution in [2.75, 3.05) is 13.4 Å². The number of amides is 1. The van der Waals surface area contributed by atoms with Gasteiger partial charge in [-0.05, 0) is 73.8 Å². The number of amidine groups is 2. The summed E-state index contributed by atoms with van der Waals surface area (Å²) < 4.78 is 8.10. The smallest absolute Gasteiger partial charge is 0.283 e. The lowest BCUT2D eigenvalue weighted by molar-refractivity contribution is -0.114. The molecule has 0 bridgehead atoms. The van der Waals surface area contributed by atoms with Crippen LogP contribution in [0.15, 0.2) is 46.0 Å². The van der Waals surface area contributed by atoms with E-state index in [0.29, 0.717) is 5.17 Å². The van der Waals surface area contributed by atoms with Crippen molar-refractivity contribution < 1.29 is 9.53 Å². The van der Waals surface area contributed by atoms with Gasteiger partial charge in [-0.2, -0.15) is 10.0 Å². The number of carbonyl (C=O) groups excluding carboxylic acids is 1. The molecule has 7 nitrogen and oxygen atoms in total. The summed E-state index contributed by atoms with van der Waals surface area (Å²) in [6.07, 6.45) is 3.63. The minimum atomic E-state index is -0.416. The molecule has 3 heterocycles. The topological polar surface area (TPSA) is 83.0 Å². The van der Waals surface area contributed by atoms with Crippen molar-refractivity contribution in [2.24, 2.45) is 10.1 Å². The zero-order chi connectivity index (χ0) is 20.7. The summed E-state index contributed by atoms with van der Waals surface area (Å²) in [5, 5.41) is 14.7. The highest BCUT2D eigenvalue weighted by molar-refractivity contribution is 8.45. The number of thioether (sulfide) groups is 2. The summed E-state index contributed by atoms with van der Waals surface area (Å²) in [7, 11) is 1.64. The van der Waals surface area contributed by atoms with Gasteiger partial charge < -0.3 is 9.30 Å². The lowest BCUT2D eigenvalue weighted by atomic mass is 10.1. The van der Waals surface area contributed by atoms with Crippen LogP contribution in [0.5, 0.6) is 5.75 Å². The van der Waals surface area contributed by atoms with E-state index >= 15 is 0 Å². The minimum absolute atomic E-state index is 0.0470. The predicted octanol–water partition coefficient (Wildman–Crippen LogP) is 4.04. The van der Waals surface area contributed by atoms with E-state index in [2.05, 4.69) is 14.7 Å². The van der Waals surface area contributed by atoms with Gasteiger partial charge in [-0.25, -0.2) is 0 Å². The molecule has 2 aliphatic heterocycles. The number of hydrazone groups is 1. The number of nitrogens with one attached hydrogen (secondary N) is 1. The van der Waals surface area contributed by atoms with Crippen LogP contribution >= 0.6 is 23.5 Å². The minimum Gasteiger partial charge on any atom is -0.497 e. The fourth-order valence-electron chi connectivity index (χ4n) is 3.27. The van der Waals surface area contributed by atoms with E-state index in [1.54, 1.807) is 13.2 Å². The fraction of sp³-hybridized carbons (Fsp3) is 0.200. The molecule has 4 rings (SSSR count). The highest BCUT2D eigenvalue weighted by Gasteiger charge is 2.35. The first-order chi connectivity index (χ1) is 13.9. The Morgan fingerprint density at radius 2 is 1.97 bits per heavy atom. The molecule has 1 N–H and O–H groups in total. The van der Waals surface area contributed by atoms with Crippen LogP contribution in [0.3, 0.4) is 0 Å². The molecule has 1 aromatic carbocycles. The molecule has 1 aromatic heterocycles. The van der Waals surface area contributed by atoms with E-state index in [4.69, 9.17) is 10.1 Å². The average molecular weight is 426 g/mol. The van der Waals surface area contributed by atoms with Gasteiger partial charge in [0.15, 0.2) is 10.2 Å². The second-order valence-corrected chi connectivity index (χ2v) is 8.46. The first-order valence-electron chi connectivity index (χ1n) is 8.80. The summed E-state index contributed by atoms with van der Waals surface area (Å²) in [4.78, 5) is 16.7. The molecule has 2 aliphatic rings. The van der Waals surface area contributed by atoms with E-state index in [-0.39, 0.29) is 11.4 Å². The molecule has 0 unspecified atom stereocenters. The van der Waals surface area contributed by atoms with Crippen LogP contribution in [-0.4, -0.2) is 44.2 Å². The number of aryl methyl sites for hydroxylation is 1.